The number of carbonyl (C=O) groups is 1. The van der Waals surface area contributed by atoms with Crippen LogP contribution in [-0.2, 0) is 9.53 Å². The van der Waals surface area contributed by atoms with E-state index in [2.05, 4.69) is 20.4 Å². The van der Waals surface area contributed by atoms with E-state index in [4.69, 9.17) is 4.74 Å². The van der Waals surface area contributed by atoms with Crippen molar-refractivity contribution in [2.75, 3.05) is 47.2 Å². The van der Waals surface area contributed by atoms with Crippen molar-refractivity contribution in [3.63, 3.8) is 0 Å². The Labute approximate surface area is 196 Å². The van der Waals surface area contributed by atoms with Crippen LogP contribution in [0.2, 0.25) is 0 Å². The molecule has 32 heavy (non-hydrogen) atoms. The molecule has 9 heteroatoms. The summed E-state index contributed by atoms with van der Waals surface area (Å²) in [6.07, 6.45) is 0. The van der Waals surface area contributed by atoms with Gasteiger partial charge in [0.2, 0.25) is 11.0 Å². The average molecular weight is 470 g/mol. The van der Waals surface area contributed by atoms with Gasteiger partial charge in [-0.15, -0.1) is 10.2 Å². The van der Waals surface area contributed by atoms with Crippen LogP contribution in [0, 0.1) is 0 Å². The van der Waals surface area contributed by atoms with Crippen molar-refractivity contribution < 1.29 is 9.53 Å². The molecule has 1 N–H and O–H groups in total. The SMILES string of the molecule is CC(C)N(C(=O)CSc1nnc(N2CCOCC2)s1)c1ccc(Nc2ccccc2)cc1. The van der Waals surface area contributed by atoms with Crippen LogP contribution in [0.15, 0.2) is 58.9 Å². The van der Waals surface area contributed by atoms with E-state index in [9.17, 15) is 4.79 Å². The van der Waals surface area contributed by atoms with Crippen molar-refractivity contribution in [1.29, 1.82) is 0 Å². The molecule has 0 bridgehead atoms. The second-order valence-electron chi connectivity index (χ2n) is 7.63. The first kappa shape index (κ1) is 22.6. The Morgan fingerprint density at radius 3 is 2.47 bits per heavy atom. The van der Waals surface area contributed by atoms with Crippen molar-refractivity contribution in [1.82, 2.24) is 10.2 Å². The Morgan fingerprint density at radius 2 is 1.78 bits per heavy atom. The molecular formula is C23H27N5O2S2. The van der Waals surface area contributed by atoms with Crippen molar-refractivity contribution in [2.24, 2.45) is 0 Å². The molecule has 168 valence electrons. The van der Waals surface area contributed by atoms with Gasteiger partial charge in [0.15, 0.2) is 4.34 Å². The maximum atomic E-state index is 13.1. The largest absolute Gasteiger partial charge is 0.378 e. The summed E-state index contributed by atoms with van der Waals surface area (Å²) in [7, 11) is 0. The van der Waals surface area contributed by atoms with Gasteiger partial charge in [0, 0.05) is 36.2 Å². The molecule has 0 aliphatic carbocycles. The summed E-state index contributed by atoms with van der Waals surface area (Å²) in [5.74, 6) is 0.372. The molecule has 1 aliphatic rings. The Balaban J connectivity index is 1.37. The molecule has 3 aromatic rings. The number of morpholine rings is 1. The first-order valence-corrected chi connectivity index (χ1v) is 12.4. The van der Waals surface area contributed by atoms with Gasteiger partial charge in [-0.05, 0) is 50.2 Å². The minimum Gasteiger partial charge on any atom is -0.378 e. The third-order valence-electron chi connectivity index (χ3n) is 4.99. The van der Waals surface area contributed by atoms with Crippen LogP contribution in [0.5, 0.6) is 0 Å². The second kappa shape index (κ2) is 10.8. The molecule has 0 spiro atoms. The number of anilines is 4. The molecule has 1 amide bonds. The van der Waals surface area contributed by atoms with Crippen LogP contribution in [0.25, 0.3) is 0 Å². The lowest BCUT2D eigenvalue weighted by atomic mass is 10.2. The number of para-hydroxylation sites is 1. The van der Waals surface area contributed by atoms with E-state index in [1.807, 2.05) is 73.3 Å². The number of carbonyl (C=O) groups excluding carboxylic acids is 1. The standard InChI is InChI=1S/C23H27N5O2S2/c1-17(2)28(20-10-8-19(9-11-20)24-18-6-4-3-5-7-18)21(29)16-31-23-26-25-22(32-23)27-12-14-30-15-13-27/h3-11,17,24H,12-16H2,1-2H3. The van der Waals surface area contributed by atoms with Crippen LogP contribution in [0.3, 0.4) is 0 Å². The topological polar surface area (TPSA) is 70.6 Å². The van der Waals surface area contributed by atoms with E-state index < -0.39 is 0 Å². The fourth-order valence-electron chi connectivity index (χ4n) is 3.46. The number of hydrogen-bond donors (Lipinski definition) is 1. The predicted molar refractivity (Wildman–Crippen MR) is 132 cm³/mol. The van der Waals surface area contributed by atoms with Gasteiger partial charge in [-0.1, -0.05) is 41.3 Å². The van der Waals surface area contributed by atoms with Crippen LogP contribution in [0.4, 0.5) is 22.2 Å². The first-order chi connectivity index (χ1) is 15.6. The lowest BCUT2D eigenvalue weighted by molar-refractivity contribution is -0.116. The van der Waals surface area contributed by atoms with Crippen molar-refractivity contribution >= 4 is 51.2 Å². The molecule has 1 aromatic heterocycles. The van der Waals surface area contributed by atoms with E-state index in [0.29, 0.717) is 19.0 Å². The predicted octanol–water partition coefficient (Wildman–Crippen LogP) is 4.65. The Kier molecular flexibility index (Phi) is 7.62. The van der Waals surface area contributed by atoms with Crippen LogP contribution in [-0.4, -0.2) is 54.2 Å². The number of rotatable bonds is 8. The average Bonchev–Trinajstić information content (AvgIpc) is 3.29. The summed E-state index contributed by atoms with van der Waals surface area (Å²) in [6, 6.07) is 18.0. The zero-order chi connectivity index (χ0) is 22.3. The summed E-state index contributed by atoms with van der Waals surface area (Å²) >= 11 is 2.97. The number of thioether (sulfide) groups is 1. The smallest absolute Gasteiger partial charge is 0.237 e. The molecular weight excluding hydrogens is 442 g/mol. The molecule has 7 nitrogen and oxygen atoms in total. The van der Waals surface area contributed by atoms with Crippen molar-refractivity contribution in [2.45, 2.75) is 24.2 Å². The second-order valence-corrected chi connectivity index (χ2v) is 9.81. The highest BCUT2D eigenvalue weighted by Gasteiger charge is 2.21. The molecule has 1 saturated heterocycles. The molecule has 2 heterocycles. The molecule has 0 unspecified atom stereocenters. The number of nitrogens with zero attached hydrogens (tertiary/aromatic N) is 4. The zero-order valence-electron chi connectivity index (χ0n) is 18.2. The first-order valence-electron chi connectivity index (χ1n) is 10.6. The Hall–Kier alpha value is -2.62. The maximum Gasteiger partial charge on any atom is 0.237 e. The van der Waals surface area contributed by atoms with Gasteiger partial charge >= 0.3 is 0 Å². The van der Waals surface area contributed by atoms with Gasteiger partial charge in [0.05, 0.1) is 19.0 Å². The van der Waals surface area contributed by atoms with Gasteiger partial charge in [-0.2, -0.15) is 0 Å². The summed E-state index contributed by atoms with van der Waals surface area (Å²) in [5, 5.41) is 12.8. The Bertz CT molecular complexity index is 1000. The van der Waals surface area contributed by atoms with Crippen molar-refractivity contribution in [3.05, 3.63) is 54.6 Å². The molecule has 2 aromatic carbocycles. The molecule has 1 fully saturated rings. The summed E-state index contributed by atoms with van der Waals surface area (Å²) in [6.45, 7) is 7.14. The zero-order valence-corrected chi connectivity index (χ0v) is 19.9. The van der Waals surface area contributed by atoms with Gasteiger partial charge < -0.3 is 19.9 Å². The van der Waals surface area contributed by atoms with E-state index in [0.717, 1.165) is 39.6 Å². The van der Waals surface area contributed by atoms with Gasteiger partial charge in [-0.25, -0.2) is 0 Å². The van der Waals surface area contributed by atoms with Crippen molar-refractivity contribution in [3.8, 4) is 0 Å². The molecule has 0 atom stereocenters. The highest BCUT2D eigenvalue weighted by Crippen LogP contribution is 2.30. The minimum atomic E-state index is 0.0503. The molecule has 1 aliphatic heterocycles. The van der Waals surface area contributed by atoms with Gasteiger partial charge in [0.1, 0.15) is 0 Å². The summed E-state index contributed by atoms with van der Waals surface area (Å²) in [4.78, 5) is 17.1. The van der Waals surface area contributed by atoms with E-state index in [1.165, 1.54) is 23.1 Å². The van der Waals surface area contributed by atoms with Gasteiger partial charge in [-0.3, -0.25) is 4.79 Å². The number of amides is 1. The fourth-order valence-corrected chi connectivity index (χ4v) is 5.21. The fraction of sp³-hybridized carbons (Fsp3) is 0.348. The van der Waals surface area contributed by atoms with E-state index >= 15 is 0 Å². The summed E-state index contributed by atoms with van der Waals surface area (Å²) < 4.78 is 6.20. The monoisotopic (exact) mass is 469 g/mol. The lowest BCUT2D eigenvalue weighted by Crippen LogP contribution is -2.38. The quantitative estimate of drug-likeness (QED) is 0.482. The summed E-state index contributed by atoms with van der Waals surface area (Å²) in [5.41, 5.74) is 2.90. The highest BCUT2D eigenvalue weighted by molar-refractivity contribution is 8.01. The number of ether oxygens (including phenoxy) is 1. The Morgan fingerprint density at radius 1 is 1.09 bits per heavy atom. The molecule has 0 radical (unpaired) electrons. The number of benzene rings is 2. The van der Waals surface area contributed by atoms with Crippen LogP contribution in [0.1, 0.15) is 13.8 Å². The van der Waals surface area contributed by atoms with Crippen LogP contribution < -0.4 is 15.1 Å². The molecule has 4 rings (SSSR count). The number of nitrogens with one attached hydrogen (secondary N) is 1. The number of hydrogen-bond acceptors (Lipinski definition) is 8. The number of aromatic nitrogens is 2. The third kappa shape index (κ3) is 5.79. The van der Waals surface area contributed by atoms with Crippen LogP contribution >= 0.6 is 23.1 Å². The van der Waals surface area contributed by atoms with E-state index in [1.54, 1.807) is 0 Å². The third-order valence-corrected chi connectivity index (χ3v) is 7.09. The lowest BCUT2D eigenvalue weighted by Gasteiger charge is -2.27. The highest BCUT2D eigenvalue weighted by atomic mass is 32.2. The normalized spacial score (nSPS) is 13.9. The maximum absolute atomic E-state index is 13.1. The van der Waals surface area contributed by atoms with E-state index in [-0.39, 0.29) is 11.9 Å². The molecule has 0 saturated carbocycles. The minimum absolute atomic E-state index is 0.0503. The van der Waals surface area contributed by atoms with Gasteiger partial charge in [0.25, 0.3) is 0 Å².